The predicted molar refractivity (Wildman–Crippen MR) is 45.9 cm³/mol. The Morgan fingerprint density at radius 1 is 1.83 bits per heavy atom. The van der Waals surface area contributed by atoms with Crippen LogP contribution in [0.3, 0.4) is 0 Å². The average molecular weight is 189 g/mol. The summed E-state index contributed by atoms with van der Waals surface area (Å²) in [5.41, 5.74) is 0. The van der Waals surface area contributed by atoms with E-state index in [4.69, 9.17) is 0 Å². The highest BCUT2D eigenvalue weighted by atomic mass is 32.2. The van der Waals surface area contributed by atoms with Crippen LogP contribution in [0.5, 0.6) is 0 Å². The molecule has 0 spiro atoms. The third-order valence-electron chi connectivity index (χ3n) is 1.56. The van der Waals surface area contributed by atoms with Crippen molar-refractivity contribution in [2.45, 2.75) is 12.5 Å². The number of amides is 1. The van der Waals surface area contributed by atoms with E-state index in [0.29, 0.717) is 5.75 Å². The van der Waals surface area contributed by atoms with Crippen LogP contribution in [0.15, 0.2) is 0 Å². The van der Waals surface area contributed by atoms with Crippen molar-refractivity contribution in [2.24, 2.45) is 0 Å². The SMILES string of the molecule is COC(=O)CC1CSCC(=O)N1. The minimum Gasteiger partial charge on any atom is -0.469 e. The summed E-state index contributed by atoms with van der Waals surface area (Å²) in [4.78, 5) is 21.7. The molecule has 1 aliphatic rings. The van der Waals surface area contributed by atoms with Gasteiger partial charge in [0.05, 0.1) is 19.3 Å². The Labute approximate surface area is 75.0 Å². The molecule has 0 saturated carbocycles. The van der Waals surface area contributed by atoms with Crippen LogP contribution in [0.2, 0.25) is 0 Å². The number of hydrogen-bond acceptors (Lipinski definition) is 4. The molecule has 12 heavy (non-hydrogen) atoms. The maximum absolute atomic E-state index is 10.9. The van der Waals surface area contributed by atoms with Gasteiger partial charge in [0, 0.05) is 11.8 Å². The molecule has 1 fully saturated rings. The molecule has 1 heterocycles. The normalized spacial score (nSPS) is 23.1. The van der Waals surface area contributed by atoms with Crippen LogP contribution in [0.1, 0.15) is 6.42 Å². The second-order valence-electron chi connectivity index (χ2n) is 2.56. The van der Waals surface area contributed by atoms with Gasteiger partial charge < -0.3 is 10.1 Å². The lowest BCUT2D eigenvalue weighted by atomic mass is 10.2. The van der Waals surface area contributed by atoms with Crippen molar-refractivity contribution >= 4 is 23.6 Å². The third-order valence-corrected chi connectivity index (χ3v) is 2.66. The molecule has 1 saturated heterocycles. The molecule has 4 nitrogen and oxygen atoms in total. The monoisotopic (exact) mass is 189 g/mol. The summed E-state index contributed by atoms with van der Waals surface area (Å²) in [6.45, 7) is 0. The fourth-order valence-electron chi connectivity index (χ4n) is 0.999. The smallest absolute Gasteiger partial charge is 0.307 e. The van der Waals surface area contributed by atoms with Crippen LogP contribution < -0.4 is 5.32 Å². The number of thioether (sulfide) groups is 1. The molecule has 0 aromatic carbocycles. The zero-order valence-electron chi connectivity index (χ0n) is 6.83. The van der Waals surface area contributed by atoms with Crippen molar-refractivity contribution < 1.29 is 14.3 Å². The summed E-state index contributed by atoms with van der Waals surface area (Å²) in [5.74, 6) is 1.02. The van der Waals surface area contributed by atoms with Crippen molar-refractivity contribution in [3.05, 3.63) is 0 Å². The standard InChI is InChI=1S/C7H11NO3S/c1-11-7(10)2-5-3-12-4-6(9)8-5/h5H,2-4H2,1H3,(H,8,9). The Morgan fingerprint density at radius 3 is 3.17 bits per heavy atom. The summed E-state index contributed by atoms with van der Waals surface area (Å²) in [6.07, 6.45) is 0.273. The maximum atomic E-state index is 10.9. The quantitative estimate of drug-likeness (QED) is 0.610. The highest BCUT2D eigenvalue weighted by molar-refractivity contribution is 8.00. The Kier molecular flexibility index (Phi) is 3.40. The van der Waals surface area contributed by atoms with Crippen molar-refractivity contribution in [2.75, 3.05) is 18.6 Å². The molecular formula is C7H11NO3S. The number of rotatable bonds is 2. The molecule has 1 aliphatic heterocycles. The Hall–Kier alpha value is -0.710. The number of nitrogens with one attached hydrogen (secondary N) is 1. The molecule has 68 valence electrons. The van der Waals surface area contributed by atoms with Crippen molar-refractivity contribution in [3.63, 3.8) is 0 Å². The molecule has 0 radical (unpaired) electrons. The van der Waals surface area contributed by atoms with E-state index in [9.17, 15) is 9.59 Å². The zero-order chi connectivity index (χ0) is 8.97. The van der Waals surface area contributed by atoms with Crippen LogP contribution in [-0.2, 0) is 14.3 Å². The van der Waals surface area contributed by atoms with Gasteiger partial charge in [0.1, 0.15) is 0 Å². The topological polar surface area (TPSA) is 55.4 Å². The zero-order valence-corrected chi connectivity index (χ0v) is 7.65. The van der Waals surface area contributed by atoms with E-state index in [2.05, 4.69) is 10.1 Å². The van der Waals surface area contributed by atoms with Gasteiger partial charge in [-0.25, -0.2) is 0 Å². The fraction of sp³-hybridized carbons (Fsp3) is 0.714. The summed E-state index contributed by atoms with van der Waals surface area (Å²) in [7, 11) is 1.35. The first-order chi connectivity index (χ1) is 5.72. The van der Waals surface area contributed by atoms with E-state index in [1.807, 2.05) is 0 Å². The lowest BCUT2D eigenvalue weighted by Crippen LogP contribution is -2.43. The number of hydrogen-bond donors (Lipinski definition) is 1. The van der Waals surface area contributed by atoms with Gasteiger partial charge in [-0.15, -0.1) is 11.8 Å². The molecule has 0 aliphatic carbocycles. The first-order valence-electron chi connectivity index (χ1n) is 3.66. The fourth-order valence-corrected chi connectivity index (χ4v) is 1.87. The summed E-state index contributed by atoms with van der Waals surface area (Å²) < 4.78 is 4.49. The van der Waals surface area contributed by atoms with Gasteiger partial charge in [-0.3, -0.25) is 9.59 Å². The van der Waals surface area contributed by atoms with Gasteiger partial charge in [-0.05, 0) is 0 Å². The first-order valence-corrected chi connectivity index (χ1v) is 4.81. The second-order valence-corrected chi connectivity index (χ2v) is 3.59. The maximum Gasteiger partial charge on any atom is 0.307 e. The molecule has 1 rings (SSSR count). The van der Waals surface area contributed by atoms with Gasteiger partial charge >= 0.3 is 5.97 Å². The van der Waals surface area contributed by atoms with Crippen molar-refractivity contribution in [3.8, 4) is 0 Å². The highest BCUT2D eigenvalue weighted by Gasteiger charge is 2.21. The van der Waals surface area contributed by atoms with Crippen LogP contribution in [0.25, 0.3) is 0 Å². The molecule has 1 N–H and O–H groups in total. The Morgan fingerprint density at radius 2 is 2.58 bits per heavy atom. The first kappa shape index (κ1) is 9.38. The number of esters is 1. The van der Waals surface area contributed by atoms with Crippen molar-refractivity contribution in [1.82, 2.24) is 5.32 Å². The largest absolute Gasteiger partial charge is 0.469 e. The molecule has 0 aromatic rings. The molecule has 1 unspecified atom stereocenters. The number of carbonyl (C=O) groups is 2. The lowest BCUT2D eigenvalue weighted by Gasteiger charge is -2.21. The van der Waals surface area contributed by atoms with E-state index in [-0.39, 0.29) is 24.3 Å². The van der Waals surface area contributed by atoms with E-state index >= 15 is 0 Å². The number of ether oxygens (including phenoxy) is 1. The minimum atomic E-state index is -0.275. The summed E-state index contributed by atoms with van der Waals surface area (Å²) in [5, 5.41) is 2.72. The Balaban J connectivity index is 2.32. The van der Waals surface area contributed by atoms with Crippen molar-refractivity contribution in [1.29, 1.82) is 0 Å². The van der Waals surface area contributed by atoms with Crippen LogP contribution in [0, 0.1) is 0 Å². The van der Waals surface area contributed by atoms with Gasteiger partial charge in [0.2, 0.25) is 5.91 Å². The predicted octanol–water partition coefficient (Wildman–Crippen LogP) is -0.219. The lowest BCUT2D eigenvalue weighted by molar-refractivity contribution is -0.141. The van der Waals surface area contributed by atoms with E-state index in [1.165, 1.54) is 7.11 Å². The Bertz CT molecular complexity index is 195. The van der Waals surface area contributed by atoms with Crippen LogP contribution in [-0.4, -0.2) is 36.5 Å². The summed E-state index contributed by atoms with van der Waals surface area (Å²) in [6, 6.07) is -0.0521. The van der Waals surface area contributed by atoms with Gasteiger partial charge in [0.15, 0.2) is 0 Å². The molecule has 0 bridgehead atoms. The van der Waals surface area contributed by atoms with E-state index in [1.54, 1.807) is 11.8 Å². The average Bonchev–Trinajstić information content (AvgIpc) is 2.04. The van der Waals surface area contributed by atoms with Crippen LogP contribution in [0.4, 0.5) is 0 Å². The highest BCUT2D eigenvalue weighted by Crippen LogP contribution is 2.11. The van der Waals surface area contributed by atoms with Crippen LogP contribution >= 0.6 is 11.8 Å². The molecule has 1 atom stereocenters. The molecule has 1 amide bonds. The van der Waals surface area contributed by atoms with Gasteiger partial charge in [-0.2, -0.15) is 0 Å². The summed E-state index contributed by atoms with van der Waals surface area (Å²) >= 11 is 1.54. The molecular weight excluding hydrogens is 178 g/mol. The van der Waals surface area contributed by atoms with Gasteiger partial charge in [0.25, 0.3) is 0 Å². The second kappa shape index (κ2) is 4.35. The number of methoxy groups -OCH3 is 1. The van der Waals surface area contributed by atoms with E-state index < -0.39 is 0 Å². The third kappa shape index (κ3) is 2.73. The van der Waals surface area contributed by atoms with E-state index in [0.717, 1.165) is 5.75 Å². The van der Waals surface area contributed by atoms with Gasteiger partial charge in [-0.1, -0.05) is 0 Å². The minimum absolute atomic E-state index is 0.000142. The molecule has 0 aromatic heterocycles. The number of carbonyl (C=O) groups excluding carboxylic acids is 2. The molecule has 5 heteroatoms.